The van der Waals surface area contributed by atoms with Crippen LogP contribution in [0.4, 0.5) is 0 Å². The minimum absolute atomic E-state index is 0.0320. The molecule has 21 heavy (non-hydrogen) atoms. The monoisotopic (exact) mass is 290 g/mol. The molecule has 0 aliphatic carbocycles. The van der Waals surface area contributed by atoms with Crippen LogP contribution in [0, 0.1) is 13.8 Å². The van der Waals surface area contributed by atoms with Crippen molar-refractivity contribution in [2.75, 3.05) is 6.61 Å². The summed E-state index contributed by atoms with van der Waals surface area (Å²) in [6, 6.07) is 0. The molecule has 8 heteroatoms. The third-order valence-corrected chi connectivity index (χ3v) is 3.47. The zero-order valence-corrected chi connectivity index (χ0v) is 11.7. The van der Waals surface area contributed by atoms with Crippen molar-refractivity contribution in [3.63, 3.8) is 0 Å². The molecule has 1 aliphatic heterocycles. The van der Waals surface area contributed by atoms with E-state index in [1.54, 1.807) is 11.4 Å². The number of nitrogens with zero attached hydrogens (tertiary/aromatic N) is 4. The van der Waals surface area contributed by atoms with Gasteiger partial charge in [0.1, 0.15) is 6.33 Å². The Labute approximate surface area is 120 Å². The van der Waals surface area contributed by atoms with Gasteiger partial charge in [0.15, 0.2) is 0 Å². The van der Waals surface area contributed by atoms with Crippen molar-refractivity contribution in [2.45, 2.75) is 32.8 Å². The molecule has 0 N–H and O–H groups in total. The second-order valence-corrected chi connectivity index (χ2v) is 4.84. The molecule has 1 aliphatic rings. The van der Waals surface area contributed by atoms with Crippen LogP contribution in [0.1, 0.15) is 23.4 Å². The van der Waals surface area contributed by atoms with Gasteiger partial charge in [-0.2, -0.15) is 10.1 Å². The molecule has 0 unspecified atom stereocenters. The highest BCUT2D eigenvalue weighted by atomic mass is 16.6. The van der Waals surface area contributed by atoms with Crippen molar-refractivity contribution in [1.82, 2.24) is 19.6 Å². The lowest BCUT2D eigenvalue weighted by molar-refractivity contribution is -0.159. The Balaban J connectivity index is 1.80. The quantitative estimate of drug-likeness (QED) is 0.742. The van der Waals surface area contributed by atoms with E-state index in [0.717, 1.165) is 11.3 Å². The van der Waals surface area contributed by atoms with Gasteiger partial charge in [-0.25, -0.2) is 14.3 Å². The smallest absolute Gasteiger partial charge is 0.347 e. The van der Waals surface area contributed by atoms with Gasteiger partial charge in [0.2, 0.25) is 6.10 Å². The highest BCUT2D eigenvalue weighted by Crippen LogP contribution is 2.16. The molecule has 110 valence electrons. The number of rotatable bonds is 3. The van der Waals surface area contributed by atoms with E-state index in [4.69, 9.17) is 9.47 Å². The molecule has 0 bridgehead atoms. The van der Waals surface area contributed by atoms with Crippen LogP contribution in [-0.4, -0.2) is 44.2 Å². The number of cyclic esters (lactones) is 1. The predicted octanol–water partition coefficient (Wildman–Crippen LogP) is 0.142. The first-order chi connectivity index (χ1) is 10.1. The first-order valence-corrected chi connectivity index (χ1v) is 6.58. The van der Waals surface area contributed by atoms with E-state index >= 15 is 0 Å². The lowest BCUT2D eigenvalue weighted by Gasteiger charge is -2.12. The highest BCUT2D eigenvalue weighted by molar-refractivity contribution is 5.81. The van der Waals surface area contributed by atoms with Gasteiger partial charge in [-0.15, -0.1) is 0 Å². The zero-order valence-electron chi connectivity index (χ0n) is 11.7. The summed E-state index contributed by atoms with van der Waals surface area (Å²) in [4.78, 5) is 31.6. The summed E-state index contributed by atoms with van der Waals surface area (Å²) in [5, 5.41) is 4.06. The van der Waals surface area contributed by atoms with E-state index in [-0.39, 0.29) is 6.42 Å². The summed E-state index contributed by atoms with van der Waals surface area (Å²) >= 11 is 0. The second-order valence-electron chi connectivity index (χ2n) is 4.84. The van der Waals surface area contributed by atoms with E-state index < -0.39 is 18.0 Å². The maximum atomic E-state index is 12.0. The number of esters is 2. The average molecular weight is 290 g/mol. The van der Waals surface area contributed by atoms with Crippen LogP contribution in [0.15, 0.2) is 6.33 Å². The average Bonchev–Trinajstić information content (AvgIpc) is 3.04. The van der Waals surface area contributed by atoms with Crippen LogP contribution in [0.3, 0.4) is 0 Å². The Hall–Kier alpha value is -2.51. The molecular formula is C13H14N4O4. The number of ether oxygens (including phenoxy) is 2. The van der Waals surface area contributed by atoms with Gasteiger partial charge in [-0.3, -0.25) is 4.79 Å². The van der Waals surface area contributed by atoms with Gasteiger partial charge in [-0.1, -0.05) is 0 Å². The maximum Gasteiger partial charge on any atom is 0.347 e. The molecule has 0 aromatic carbocycles. The van der Waals surface area contributed by atoms with E-state index in [0.29, 0.717) is 24.5 Å². The highest BCUT2D eigenvalue weighted by Gasteiger charge is 2.30. The first-order valence-electron chi connectivity index (χ1n) is 6.58. The lowest BCUT2D eigenvalue weighted by Crippen LogP contribution is -2.24. The normalized spacial score (nSPS) is 18.0. The fourth-order valence-corrected chi connectivity index (χ4v) is 2.34. The van der Waals surface area contributed by atoms with Crippen molar-refractivity contribution in [3.8, 4) is 0 Å². The van der Waals surface area contributed by atoms with Crippen molar-refractivity contribution < 1.29 is 19.1 Å². The molecule has 0 amide bonds. The van der Waals surface area contributed by atoms with E-state index in [1.807, 2.05) is 6.92 Å². The molecule has 2 aromatic heterocycles. The fraction of sp³-hybridized carbons (Fsp3) is 0.462. The number of aryl methyl sites for hydroxylation is 2. The Morgan fingerprint density at radius 1 is 1.52 bits per heavy atom. The molecule has 0 saturated carbocycles. The molecule has 8 nitrogen and oxygen atoms in total. The number of carbonyl (C=O) groups is 2. The van der Waals surface area contributed by atoms with Crippen LogP contribution in [0.25, 0.3) is 5.78 Å². The Morgan fingerprint density at radius 3 is 3.05 bits per heavy atom. The van der Waals surface area contributed by atoms with Crippen molar-refractivity contribution in [3.05, 3.63) is 23.3 Å². The van der Waals surface area contributed by atoms with Crippen LogP contribution < -0.4 is 0 Å². The summed E-state index contributed by atoms with van der Waals surface area (Å²) in [6.45, 7) is 3.93. The molecular weight excluding hydrogens is 276 g/mol. The van der Waals surface area contributed by atoms with Gasteiger partial charge < -0.3 is 9.47 Å². The summed E-state index contributed by atoms with van der Waals surface area (Å²) in [6.07, 6.45) is 1.06. The van der Waals surface area contributed by atoms with Crippen LogP contribution >= 0.6 is 0 Å². The van der Waals surface area contributed by atoms with Gasteiger partial charge in [-0.05, 0) is 13.8 Å². The van der Waals surface area contributed by atoms with Gasteiger partial charge in [0.25, 0.3) is 5.78 Å². The molecule has 2 aromatic rings. The molecule has 0 spiro atoms. The standard InChI is InChI=1S/C13H14N4O4/c1-7-9(8(2)17-13(16-7)14-6-15-17)5-11(18)21-10-3-4-20-12(10)19/h6,10H,3-5H2,1-2H3/t10-/m1/s1. The van der Waals surface area contributed by atoms with Crippen LogP contribution in [0.5, 0.6) is 0 Å². The molecule has 3 heterocycles. The first kappa shape index (κ1) is 13.5. The zero-order chi connectivity index (χ0) is 15.0. The molecule has 1 atom stereocenters. The third kappa shape index (κ3) is 2.44. The van der Waals surface area contributed by atoms with E-state index in [1.165, 1.54) is 6.33 Å². The SMILES string of the molecule is Cc1nc2ncnn2c(C)c1CC(=O)O[C@@H]1CCOC1=O. The maximum absolute atomic E-state index is 12.0. The van der Waals surface area contributed by atoms with E-state index in [9.17, 15) is 9.59 Å². The van der Waals surface area contributed by atoms with E-state index in [2.05, 4.69) is 15.1 Å². The van der Waals surface area contributed by atoms with Gasteiger partial charge in [0.05, 0.1) is 13.0 Å². The van der Waals surface area contributed by atoms with Crippen molar-refractivity contribution in [1.29, 1.82) is 0 Å². The Kier molecular flexibility index (Phi) is 3.28. The Morgan fingerprint density at radius 2 is 2.33 bits per heavy atom. The fourth-order valence-electron chi connectivity index (χ4n) is 2.34. The second kappa shape index (κ2) is 5.12. The number of carbonyl (C=O) groups excluding carboxylic acids is 2. The number of hydrogen-bond donors (Lipinski definition) is 0. The molecule has 1 fully saturated rings. The van der Waals surface area contributed by atoms with Crippen molar-refractivity contribution in [2.24, 2.45) is 0 Å². The number of hydrogen-bond acceptors (Lipinski definition) is 7. The predicted molar refractivity (Wildman–Crippen MR) is 69.4 cm³/mol. The molecule has 3 rings (SSSR count). The molecule has 1 saturated heterocycles. The topological polar surface area (TPSA) is 95.7 Å². The minimum atomic E-state index is -0.791. The van der Waals surface area contributed by atoms with Crippen LogP contribution in [0.2, 0.25) is 0 Å². The largest absolute Gasteiger partial charge is 0.463 e. The minimum Gasteiger partial charge on any atom is -0.463 e. The number of aromatic nitrogens is 4. The van der Waals surface area contributed by atoms with Gasteiger partial charge >= 0.3 is 11.9 Å². The van der Waals surface area contributed by atoms with Gasteiger partial charge in [0, 0.05) is 23.4 Å². The third-order valence-electron chi connectivity index (χ3n) is 3.47. The summed E-state index contributed by atoms with van der Waals surface area (Å²) in [5.41, 5.74) is 2.20. The number of fused-ring (bicyclic) bond motifs is 1. The summed E-state index contributed by atoms with van der Waals surface area (Å²) in [7, 11) is 0. The summed E-state index contributed by atoms with van der Waals surface area (Å²) in [5.74, 6) is -0.477. The lowest BCUT2D eigenvalue weighted by atomic mass is 10.1. The summed E-state index contributed by atoms with van der Waals surface area (Å²) < 4.78 is 11.5. The Bertz CT molecular complexity index is 724. The van der Waals surface area contributed by atoms with Crippen molar-refractivity contribution >= 4 is 17.7 Å². The molecule has 0 radical (unpaired) electrons. The van der Waals surface area contributed by atoms with Crippen LogP contribution in [-0.2, 0) is 25.5 Å².